The van der Waals surface area contributed by atoms with Crippen molar-refractivity contribution in [2.45, 2.75) is 32.7 Å². The van der Waals surface area contributed by atoms with Crippen LogP contribution in [-0.4, -0.2) is 32.2 Å². The van der Waals surface area contributed by atoms with Crippen LogP contribution in [0, 0.1) is 0 Å². The Bertz CT molecular complexity index is 776. The standard InChI is InChI=1S/C22H27NO5/c1-4-9-18(16-10-7-6-8-11-16)23-21(24)15-28-22(25)17-12-13-19(27-5-2)20(14-17)26-3/h6-8,10-14,18H,4-5,9,15H2,1-3H3,(H,23,24)/t18-/m0/s1. The molecule has 1 N–H and O–H groups in total. The molecule has 1 atom stereocenters. The summed E-state index contributed by atoms with van der Waals surface area (Å²) in [5.74, 6) is 0.0502. The zero-order chi connectivity index (χ0) is 20.4. The van der Waals surface area contributed by atoms with E-state index in [1.54, 1.807) is 12.1 Å². The second-order valence-electron chi connectivity index (χ2n) is 6.19. The summed E-state index contributed by atoms with van der Waals surface area (Å²) in [5.41, 5.74) is 1.32. The van der Waals surface area contributed by atoms with E-state index in [1.165, 1.54) is 13.2 Å². The molecule has 2 aromatic carbocycles. The maximum Gasteiger partial charge on any atom is 0.338 e. The first-order valence-corrected chi connectivity index (χ1v) is 9.41. The van der Waals surface area contributed by atoms with Crippen LogP contribution in [0.3, 0.4) is 0 Å². The third-order valence-corrected chi connectivity index (χ3v) is 4.15. The molecule has 0 aliphatic carbocycles. The van der Waals surface area contributed by atoms with Gasteiger partial charge in [-0.3, -0.25) is 4.79 Å². The summed E-state index contributed by atoms with van der Waals surface area (Å²) in [7, 11) is 1.50. The van der Waals surface area contributed by atoms with Crippen LogP contribution in [0.15, 0.2) is 48.5 Å². The number of hydrogen-bond donors (Lipinski definition) is 1. The normalized spacial score (nSPS) is 11.4. The van der Waals surface area contributed by atoms with E-state index in [0.717, 1.165) is 18.4 Å². The lowest BCUT2D eigenvalue weighted by Crippen LogP contribution is -2.32. The highest BCUT2D eigenvalue weighted by Gasteiger charge is 2.17. The van der Waals surface area contributed by atoms with Gasteiger partial charge in [0, 0.05) is 0 Å². The molecule has 0 saturated heterocycles. The van der Waals surface area contributed by atoms with Crippen molar-refractivity contribution in [3.05, 3.63) is 59.7 Å². The molecule has 6 nitrogen and oxygen atoms in total. The van der Waals surface area contributed by atoms with Crippen molar-refractivity contribution < 1.29 is 23.8 Å². The summed E-state index contributed by atoms with van der Waals surface area (Å²) in [6, 6.07) is 14.4. The van der Waals surface area contributed by atoms with Crippen molar-refractivity contribution >= 4 is 11.9 Å². The molecular weight excluding hydrogens is 358 g/mol. The summed E-state index contributed by atoms with van der Waals surface area (Å²) in [4.78, 5) is 24.5. The van der Waals surface area contributed by atoms with E-state index in [2.05, 4.69) is 12.2 Å². The monoisotopic (exact) mass is 385 g/mol. The lowest BCUT2D eigenvalue weighted by molar-refractivity contribution is -0.125. The fourth-order valence-electron chi connectivity index (χ4n) is 2.82. The highest BCUT2D eigenvalue weighted by molar-refractivity contribution is 5.92. The number of ether oxygens (including phenoxy) is 3. The molecule has 0 aliphatic rings. The van der Waals surface area contributed by atoms with Gasteiger partial charge in [0.05, 0.1) is 25.3 Å². The highest BCUT2D eigenvalue weighted by Crippen LogP contribution is 2.28. The molecule has 0 radical (unpaired) electrons. The van der Waals surface area contributed by atoms with E-state index >= 15 is 0 Å². The largest absolute Gasteiger partial charge is 0.493 e. The number of nitrogens with one attached hydrogen (secondary N) is 1. The summed E-state index contributed by atoms with van der Waals surface area (Å²) in [6.45, 7) is 4.06. The molecule has 0 aromatic heterocycles. The SMILES string of the molecule is CCC[C@H](NC(=O)COC(=O)c1ccc(OCC)c(OC)c1)c1ccccc1. The third-order valence-electron chi connectivity index (χ3n) is 4.15. The van der Waals surface area contributed by atoms with Gasteiger partial charge in [0.2, 0.25) is 0 Å². The fourth-order valence-corrected chi connectivity index (χ4v) is 2.82. The van der Waals surface area contributed by atoms with Crippen LogP contribution in [0.25, 0.3) is 0 Å². The molecule has 2 rings (SSSR count). The summed E-state index contributed by atoms with van der Waals surface area (Å²) >= 11 is 0. The summed E-state index contributed by atoms with van der Waals surface area (Å²) in [6.07, 6.45) is 1.73. The zero-order valence-corrected chi connectivity index (χ0v) is 16.6. The predicted octanol–water partition coefficient (Wildman–Crippen LogP) is 3.91. The van der Waals surface area contributed by atoms with Gasteiger partial charge < -0.3 is 19.5 Å². The number of carbonyl (C=O) groups is 2. The van der Waals surface area contributed by atoms with E-state index in [1.807, 2.05) is 37.3 Å². The number of esters is 1. The van der Waals surface area contributed by atoms with Gasteiger partial charge in [0.15, 0.2) is 18.1 Å². The van der Waals surface area contributed by atoms with Gasteiger partial charge in [-0.1, -0.05) is 43.7 Å². The Kier molecular flexibility index (Phi) is 8.34. The van der Waals surface area contributed by atoms with Crippen molar-refractivity contribution in [2.24, 2.45) is 0 Å². The number of amides is 1. The van der Waals surface area contributed by atoms with Gasteiger partial charge in [-0.25, -0.2) is 4.79 Å². The van der Waals surface area contributed by atoms with Crippen LogP contribution in [0.2, 0.25) is 0 Å². The number of rotatable bonds is 10. The molecule has 0 fully saturated rings. The number of methoxy groups -OCH3 is 1. The van der Waals surface area contributed by atoms with Gasteiger partial charge in [-0.15, -0.1) is 0 Å². The molecule has 1 amide bonds. The van der Waals surface area contributed by atoms with E-state index < -0.39 is 5.97 Å². The van der Waals surface area contributed by atoms with Crippen LogP contribution in [0.1, 0.15) is 48.7 Å². The van der Waals surface area contributed by atoms with Gasteiger partial charge in [-0.2, -0.15) is 0 Å². The molecule has 6 heteroatoms. The van der Waals surface area contributed by atoms with Gasteiger partial charge in [0.25, 0.3) is 5.91 Å². The smallest absolute Gasteiger partial charge is 0.338 e. The fraction of sp³-hybridized carbons (Fsp3) is 0.364. The summed E-state index contributed by atoms with van der Waals surface area (Å²) in [5, 5.41) is 2.93. The zero-order valence-electron chi connectivity index (χ0n) is 16.6. The van der Waals surface area contributed by atoms with Crippen molar-refractivity contribution in [3.8, 4) is 11.5 Å². The Morgan fingerprint density at radius 2 is 1.79 bits per heavy atom. The quantitative estimate of drug-likeness (QED) is 0.628. The Hall–Kier alpha value is -3.02. The van der Waals surface area contributed by atoms with Crippen molar-refractivity contribution in [3.63, 3.8) is 0 Å². The molecular formula is C22H27NO5. The lowest BCUT2D eigenvalue weighted by atomic mass is 10.0. The molecule has 0 heterocycles. The second kappa shape index (κ2) is 11.0. The van der Waals surface area contributed by atoms with Crippen molar-refractivity contribution in [2.75, 3.05) is 20.3 Å². The van der Waals surface area contributed by atoms with E-state index in [9.17, 15) is 9.59 Å². The maximum absolute atomic E-state index is 12.3. The second-order valence-corrected chi connectivity index (χ2v) is 6.19. The number of carbonyl (C=O) groups excluding carboxylic acids is 2. The lowest BCUT2D eigenvalue weighted by Gasteiger charge is -2.18. The third kappa shape index (κ3) is 6.01. The van der Waals surface area contributed by atoms with Crippen LogP contribution in [0.4, 0.5) is 0 Å². The molecule has 0 aliphatic heterocycles. The van der Waals surface area contributed by atoms with Crippen LogP contribution >= 0.6 is 0 Å². The molecule has 0 bridgehead atoms. The van der Waals surface area contributed by atoms with Crippen LogP contribution in [-0.2, 0) is 9.53 Å². The van der Waals surface area contributed by atoms with Crippen LogP contribution in [0.5, 0.6) is 11.5 Å². The Balaban J connectivity index is 1.95. The topological polar surface area (TPSA) is 73.9 Å². The predicted molar refractivity (Wildman–Crippen MR) is 107 cm³/mol. The minimum Gasteiger partial charge on any atom is -0.493 e. The van der Waals surface area contributed by atoms with Gasteiger partial charge in [0.1, 0.15) is 0 Å². The average Bonchev–Trinajstić information content (AvgIpc) is 2.72. The highest BCUT2D eigenvalue weighted by atomic mass is 16.5. The molecule has 0 unspecified atom stereocenters. The first-order chi connectivity index (χ1) is 13.6. The minimum atomic E-state index is -0.594. The van der Waals surface area contributed by atoms with E-state index in [-0.39, 0.29) is 18.6 Å². The van der Waals surface area contributed by atoms with E-state index in [4.69, 9.17) is 14.2 Å². The average molecular weight is 385 g/mol. The van der Waals surface area contributed by atoms with Crippen molar-refractivity contribution in [1.82, 2.24) is 5.32 Å². The number of benzene rings is 2. The molecule has 150 valence electrons. The molecule has 0 spiro atoms. The number of hydrogen-bond acceptors (Lipinski definition) is 5. The van der Waals surface area contributed by atoms with Crippen molar-refractivity contribution in [1.29, 1.82) is 0 Å². The Morgan fingerprint density at radius 1 is 1.04 bits per heavy atom. The van der Waals surface area contributed by atoms with Gasteiger partial charge in [-0.05, 0) is 37.1 Å². The Morgan fingerprint density at radius 3 is 2.43 bits per heavy atom. The minimum absolute atomic E-state index is 0.108. The molecule has 0 saturated carbocycles. The first kappa shape index (κ1) is 21.3. The molecule has 2 aromatic rings. The van der Waals surface area contributed by atoms with E-state index in [0.29, 0.717) is 23.7 Å². The maximum atomic E-state index is 12.3. The van der Waals surface area contributed by atoms with Crippen LogP contribution < -0.4 is 14.8 Å². The summed E-state index contributed by atoms with van der Waals surface area (Å²) < 4.78 is 15.8. The first-order valence-electron chi connectivity index (χ1n) is 9.41. The molecule has 28 heavy (non-hydrogen) atoms. The Labute approximate surface area is 165 Å². The van der Waals surface area contributed by atoms with Gasteiger partial charge >= 0.3 is 5.97 Å².